The first-order valence-electron chi connectivity index (χ1n) is 12.2. The Morgan fingerprint density at radius 2 is 2.00 bits per heavy atom. The van der Waals surface area contributed by atoms with Crippen molar-refractivity contribution in [1.82, 2.24) is 19.5 Å². The second kappa shape index (κ2) is 10.5. The number of benzene rings is 2. The van der Waals surface area contributed by atoms with Crippen LogP contribution >= 0.6 is 11.6 Å². The SMILES string of the molecule is Bc1cnn2c(NCC3CCCN(C(=O)c4cccc(NC(N)=O)c4)C3)cc(-c3ccccc3Cl)nc12. The first-order valence-corrected chi connectivity index (χ1v) is 12.6. The summed E-state index contributed by atoms with van der Waals surface area (Å²) in [6, 6.07) is 15.8. The fourth-order valence-electron chi connectivity index (χ4n) is 4.73. The third-order valence-electron chi connectivity index (χ3n) is 6.55. The van der Waals surface area contributed by atoms with Gasteiger partial charge in [-0.3, -0.25) is 4.79 Å². The molecule has 4 aromatic rings. The van der Waals surface area contributed by atoms with Crippen LogP contribution in [0.3, 0.4) is 0 Å². The van der Waals surface area contributed by atoms with Crippen LogP contribution in [0.1, 0.15) is 23.2 Å². The lowest BCUT2D eigenvalue weighted by Crippen LogP contribution is -2.42. The third-order valence-corrected chi connectivity index (χ3v) is 6.88. The molecule has 1 unspecified atom stereocenters. The zero-order valence-corrected chi connectivity index (χ0v) is 21.2. The maximum atomic E-state index is 13.2. The van der Waals surface area contributed by atoms with Crippen LogP contribution in [0.15, 0.2) is 60.8 Å². The van der Waals surface area contributed by atoms with Gasteiger partial charge in [0.1, 0.15) is 13.7 Å². The Hall–Kier alpha value is -4.05. The summed E-state index contributed by atoms with van der Waals surface area (Å²) in [6.07, 6.45) is 3.71. The van der Waals surface area contributed by atoms with E-state index in [1.54, 1.807) is 35.0 Å². The normalized spacial score (nSPS) is 15.5. The van der Waals surface area contributed by atoms with Gasteiger partial charge in [0.15, 0.2) is 5.65 Å². The summed E-state index contributed by atoms with van der Waals surface area (Å²) in [6.45, 7) is 1.99. The minimum atomic E-state index is -0.663. The van der Waals surface area contributed by atoms with Crippen molar-refractivity contribution in [2.24, 2.45) is 11.7 Å². The van der Waals surface area contributed by atoms with Gasteiger partial charge in [0.25, 0.3) is 5.91 Å². The Balaban J connectivity index is 1.32. The van der Waals surface area contributed by atoms with Crippen LogP contribution in [0.25, 0.3) is 16.9 Å². The van der Waals surface area contributed by atoms with E-state index in [2.05, 4.69) is 15.7 Å². The van der Waals surface area contributed by atoms with Gasteiger partial charge in [0, 0.05) is 53.7 Å². The quantitative estimate of drug-likeness (QED) is 0.341. The van der Waals surface area contributed by atoms with E-state index >= 15 is 0 Å². The summed E-state index contributed by atoms with van der Waals surface area (Å²) in [5.74, 6) is 1.02. The van der Waals surface area contributed by atoms with Crippen molar-refractivity contribution < 1.29 is 9.59 Å². The average Bonchev–Trinajstić information content (AvgIpc) is 3.27. The lowest BCUT2D eigenvalue weighted by atomic mass is 9.97. The summed E-state index contributed by atoms with van der Waals surface area (Å²) >= 11 is 6.46. The van der Waals surface area contributed by atoms with Crippen LogP contribution in [0.5, 0.6) is 0 Å². The van der Waals surface area contributed by atoms with Gasteiger partial charge >= 0.3 is 6.03 Å². The minimum Gasteiger partial charge on any atom is -0.370 e. The Morgan fingerprint density at radius 1 is 1.16 bits per heavy atom. The number of fused-ring (bicyclic) bond motifs is 1. The topological polar surface area (TPSA) is 118 Å². The fourth-order valence-corrected chi connectivity index (χ4v) is 4.96. The average molecular weight is 516 g/mol. The van der Waals surface area contributed by atoms with Crippen LogP contribution in [0.2, 0.25) is 5.02 Å². The Bertz CT molecular complexity index is 1470. The van der Waals surface area contributed by atoms with E-state index in [1.807, 2.05) is 43.1 Å². The summed E-state index contributed by atoms with van der Waals surface area (Å²) < 4.78 is 1.80. The molecule has 1 atom stereocenters. The number of hydrogen-bond donors (Lipinski definition) is 3. The number of amides is 3. The molecule has 1 aliphatic heterocycles. The lowest BCUT2D eigenvalue weighted by molar-refractivity contribution is 0.0680. The number of anilines is 2. The molecular formula is C26H27BClN7O2. The number of aromatic nitrogens is 3. The molecular weight excluding hydrogens is 489 g/mol. The van der Waals surface area contributed by atoms with E-state index in [9.17, 15) is 9.59 Å². The molecule has 1 fully saturated rings. The molecule has 2 aromatic carbocycles. The molecule has 4 N–H and O–H groups in total. The Labute approximate surface area is 220 Å². The zero-order chi connectivity index (χ0) is 25.9. The number of likely N-dealkylation sites (tertiary alicyclic amines) is 1. The van der Waals surface area contributed by atoms with Crippen molar-refractivity contribution >= 4 is 54.0 Å². The van der Waals surface area contributed by atoms with Crippen LogP contribution < -0.4 is 21.8 Å². The highest BCUT2D eigenvalue weighted by Gasteiger charge is 2.25. The number of nitrogens with two attached hydrogens (primary N) is 1. The van der Waals surface area contributed by atoms with E-state index in [-0.39, 0.29) is 11.8 Å². The molecule has 2 aromatic heterocycles. The first-order chi connectivity index (χ1) is 17.9. The Morgan fingerprint density at radius 3 is 2.81 bits per heavy atom. The summed E-state index contributed by atoms with van der Waals surface area (Å²) in [5.41, 5.74) is 9.60. The van der Waals surface area contributed by atoms with E-state index in [4.69, 9.17) is 22.3 Å². The molecule has 9 nitrogen and oxygen atoms in total. The largest absolute Gasteiger partial charge is 0.370 e. The number of nitrogens with zero attached hydrogens (tertiary/aromatic N) is 4. The highest BCUT2D eigenvalue weighted by Crippen LogP contribution is 2.29. The second-order valence-corrected chi connectivity index (χ2v) is 9.69. The molecule has 0 radical (unpaired) electrons. The monoisotopic (exact) mass is 515 g/mol. The van der Waals surface area contributed by atoms with Crippen molar-refractivity contribution in [3.05, 3.63) is 71.4 Å². The third kappa shape index (κ3) is 5.39. The molecule has 3 heterocycles. The van der Waals surface area contributed by atoms with Crippen molar-refractivity contribution in [3.63, 3.8) is 0 Å². The molecule has 37 heavy (non-hydrogen) atoms. The second-order valence-electron chi connectivity index (χ2n) is 9.28. The van der Waals surface area contributed by atoms with Crippen LogP contribution in [0, 0.1) is 5.92 Å². The zero-order valence-electron chi connectivity index (χ0n) is 20.4. The lowest BCUT2D eigenvalue weighted by Gasteiger charge is -2.33. The van der Waals surface area contributed by atoms with Crippen LogP contribution in [-0.2, 0) is 0 Å². The number of carbonyl (C=O) groups excluding carboxylic acids is 2. The van der Waals surface area contributed by atoms with E-state index in [0.29, 0.717) is 35.9 Å². The van der Waals surface area contributed by atoms with Crippen molar-refractivity contribution in [3.8, 4) is 11.3 Å². The van der Waals surface area contributed by atoms with Gasteiger partial charge in [-0.1, -0.05) is 35.9 Å². The molecule has 1 saturated heterocycles. The number of hydrogen-bond acceptors (Lipinski definition) is 5. The van der Waals surface area contributed by atoms with Gasteiger partial charge in [-0.15, -0.1) is 0 Å². The molecule has 1 aliphatic rings. The molecule has 5 rings (SSSR count). The van der Waals surface area contributed by atoms with E-state index in [0.717, 1.165) is 41.0 Å². The maximum absolute atomic E-state index is 13.2. The number of primary amides is 1. The van der Waals surface area contributed by atoms with Crippen LogP contribution in [-0.4, -0.2) is 58.9 Å². The molecule has 0 saturated carbocycles. The number of urea groups is 1. The number of nitrogens with one attached hydrogen (secondary N) is 2. The van der Waals surface area contributed by atoms with Gasteiger partial charge in [0.2, 0.25) is 0 Å². The van der Waals surface area contributed by atoms with Gasteiger partial charge in [-0.05, 0) is 48.5 Å². The predicted molar refractivity (Wildman–Crippen MR) is 148 cm³/mol. The van der Waals surface area contributed by atoms with Crippen LogP contribution in [0.4, 0.5) is 16.3 Å². The Kier molecular flexibility index (Phi) is 7.00. The smallest absolute Gasteiger partial charge is 0.316 e. The van der Waals surface area contributed by atoms with Gasteiger partial charge < -0.3 is 21.3 Å². The minimum absolute atomic E-state index is 0.0622. The van der Waals surface area contributed by atoms with Gasteiger partial charge in [-0.25, -0.2) is 9.78 Å². The first kappa shape index (κ1) is 24.6. The molecule has 0 spiro atoms. The summed E-state index contributed by atoms with van der Waals surface area (Å²) in [5, 5.41) is 11.2. The number of rotatable bonds is 6. The molecule has 11 heteroatoms. The number of carbonyl (C=O) groups is 2. The predicted octanol–water partition coefficient (Wildman–Crippen LogP) is 2.76. The molecule has 188 valence electrons. The van der Waals surface area contributed by atoms with Gasteiger partial charge in [-0.2, -0.15) is 9.61 Å². The fraction of sp³-hybridized carbons (Fsp3) is 0.231. The maximum Gasteiger partial charge on any atom is 0.316 e. The number of piperidine rings is 1. The summed E-state index contributed by atoms with van der Waals surface area (Å²) in [4.78, 5) is 31.0. The van der Waals surface area contributed by atoms with Gasteiger partial charge in [0.05, 0.1) is 5.69 Å². The van der Waals surface area contributed by atoms with Crippen molar-refractivity contribution in [1.29, 1.82) is 0 Å². The standard InChI is InChI=1S/C26H27BClN7O2/c27-20-14-31-35-23(12-22(33-24(20)35)19-8-1-2-9-21(19)28)30-13-16-5-4-10-34(15-16)25(36)17-6-3-7-18(11-17)32-26(29)37/h1-3,6-9,11-12,14,16,30H,4-5,10,13,15,27H2,(H3,29,32,37). The highest BCUT2D eigenvalue weighted by atomic mass is 35.5. The molecule has 0 bridgehead atoms. The molecule has 0 aliphatic carbocycles. The summed E-state index contributed by atoms with van der Waals surface area (Å²) in [7, 11) is 1.98. The van der Waals surface area contributed by atoms with Crippen molar-refractivity contribution in [2.75, 3.05) is 30.3 Å². The van der Waals surface area contributed by atoms with Crippen molar-refractivity contribution in [2.45, 2.75) is 12.8 Å². The molecule has 3 amide bonds. The highest BCUT2D eigenvalue weighted by molar-refractivity contribution is 6.36. The van der Waals surface area contributed by atoms with E-state index in [1.165, 1.54) is 0 Å². The number of halogens is 1. The van der Waals surface area contributed by atoms with E-state index < -0.39 is 6.03 Å².